The summed E-state index contributed by atoms with van der Waals surface area (Å²) in [6.07, 6.45) is 3.10. The van der Waals surface area contributed by atoms with Gasteiger partial charge in [-0.05, 0) is 24.3 Å². The molecule has 2 unspecified atom stereocenters. The molecule has 1 saturated carbocycles. The first kappa shape index (κ1) is 19.7. The van der Waals surface area contributed by atoms with Gasteiger partial charge >= 0.3 is 0 Å². The van der Waals surface area contributed by atoms with Crippen LogP contribution in [-0.4, -0.2) is 47.9 Å². The maximum Gasteiger partial charge on any atom is 0.227 e. The zero-order chi connectivity index (χ0) is 13.9. The number of hydrogen-bond donors (Lipinski definition) is 1. The highest BCUT2D eigenvalue weighted by Gasteiger charge is 2.34. The largest absolute Gasteiger partial charge is 0.340 e. The van der Waals surface area contributed by atoms with Crippen molar-refractivity contribution in [3.63, 3.8) is 0 Å². The van der Waals surface area contributed by atoms with Crippen molar-refractivity contribution in [1.29, 1.82) is 0 Å². The third-order valence-corrected chi connectivity index (χ3v) is 5.39. The molecule has 1 aliphatic heterocycles. The number of piperazine rings is 1. The Morgan fingerprint density at radius 2 is 1.95 bits per heavy atom. The second-order valence-corrected chi connectivity index (χ2v) is 6.91. The smallest absolute Gasteiger partial charge is 0.227 e. The molecule has 1 saturated heterocycles. The van der Waals surface area contributed by atoms with Gasteiger partial charge in [0.25, 0.3) is 0 Å². The van der Waals surface area contributed by atoms with Crippen molar-refractivity contribution < 1.29 is 4.79 Å². The molecule has 0 bridgehead atoms. The Balaban J connectivity index is 0.00000121. The summed E-state index contributed by atoms with van der Waals surface area (Å²) in [5, 5.41) is 2.12. The number of carbonyl (C=O) groups excluding carboxylic acids is 1. The van der Waals surface area contributed by atoms with E-state index in [0.717, 1.165) is 52.0 Å². The van der Waals surface area contributed by atoms with Gasteiger partial charge in [-0.25, -0.2) is 0 Å². The first-order valence-electron chi connectivity index (χ1n) is 7.53. The third kappa shape index (κ3) is 4.59. The van der Waals surface area contributed by atoms with Gasteiger partial charge in [-0.3, -0.25) is 9.69 Å². The standard InChI is InChI=1S/C15H23N3OS.2ClH/c16-14-5-1-4-13(14)15(19)18-8-6-17(7-9-18)11-12-3-2-10-20-12;;/h2-3,10,13-14H,1,4-9,11,16H2;2*1H. The lowest BCUT2D eigenvalue weighted by Crippen LogP contribution is -2.51. The average molecular weight is 366 g/mol. The molecular formula is C15H25Cl2N3OS. The molecule has 0 radical (unpaired) electrons. The van der Waals surface area contributed by atoms with Crippen LogP contribution in [0.3, 0.4) is 0 Å². The van der Waals surface area contributed by atoms with Crippen molar-refractivity contribution in [3.8, 4) is 0 Å². The fourth-order valence-electron chi connectivity index (χ4n) is 3.28. The molecule has 2 atom stereocenters. The van der Waals surface area contributed by atoms with Gasteiger partial charge in [-0.1, -0.05) is 12.5 Å². The number of halogens is 2. The van der Waals surface area contributed by atoms with Crippen LogP contribution >= 0.6 is 36.2 Å². The molecule has 2 heterocycles. The zero-order valence-electron chi connectivity index (χ0n) is 12.6. The highest BCUT2D eigenvalue weighted by Crippen LogP contribution is 2.26. The zero-order valence-corrected chi connectivity index (χ0v) is 15.1. The lowest BCUT2D eigenvalue weighted by molar-refractivity contribution is -0.137. The second kappa shape index (κ2) is 9.08. The molecule has 0 spiro atoms. The average Bonchev–Trinajstić information content (AvgIpc) is 3.10. The molecule has 1 aromatic heterocycles. The summed E-state index contributed by atoms with van der Waals surface area (Å²) in [4.78, 5) is 18.3. The third-order valence-electron chi connectivity index (χ3n) is 4.53. The molecule has 2 N–H and O–H groups in total. The highest BCUT2D eigenvalue weighted by atomic mass is 35.5. The minimum Gasteiger partial charge on any atom is -0.340 e. The summed E-state index contributed by atoms with van der Waals surface area (Å²) in [6, 6.07) is 4.37. The van der Waals surface area contributed by atoms with E-state index in [4.69, 9.17) is 5.73 Å². The molecule has 1 aromatic rings. The number of nitrogens with two attached hydrogens (primary N) is 1. The molecular weight excluding hydrogens is 341 g/mol. The van der Waals surface area contributed by atoms with Crippen LogP contribution in [0, 0.1) is 5.92 Å². The van der Waals surface area contributed by atoms with Gasteiger partial charge in [-0.2, -0.15) is 0 Å². The van der Waals surface area contributed by atoms with Crippen LogP contribution in [0.4, 0.5) is 0 Å². The minimum absolute atomic E-state index is 0. The van der Waals surface area contributed by atoms with Gasteiger partial charge in [0, 0.05) is 43.6 Å². The molecule has 22 heavy (non-hydrogen) atoms. The monoisotopic (exact) mass is 365 g/mol. The summed E-state index contributed by atoms with van der Waals surface area (Å²) >= 11 is 1.81. The summed E-state index contributed by atoms with van der Waals surface area (Å²) in [5.41, 5.74) is 6.05. The first-order valence-corrected chi connectivity index (χ1v) is 8.41. The van der Waals surface area contributed by atoms with E-state index in [-0.39, 0.29) is 36.8 Å². The van der Waals surface area contributed by atoms with E-state index < -0.39 is 0 Å². The second-order valence-electron chi connectivity index (χ2n) is 5.88. The van der Waals surface area contributed by atoms with Crippen LogP contribution in [0.25, 0.3) is 0 Å². The summed E-state index contributed by atoms with van der Waals surface area (Å²) < 4.78 is 0. The van der Waals surface area contributed by atoms with Gasteiger partial charge in [0.2, 0.25) is 5.91 Å². The molecule has 7 heteroatoms. The maximum absolute atomic E-state index is 12.5. The van der Waals surface area contributed by atoms with Gasteiger partial charge in [-0.15, -0.1) is 36.2 Å². The first-order chi connectivity index (χ1) is 9.74. The number of amides is 1. The van der Waals surface area contributed by atoms with Crippen molar-refractivity contribution >= 4 is 42.1 Å². The Hall–Kier alpha value is -0.330. The van der Waals surface area contributed by atoms with Crippen molar-refractivity contribution in [3.05, 3.63) is 22.4 Å². The van der Waals surface area contributed by atoms with E-state index in [1.807, 2.05) is 4.90 Å². The summed E-state index contributed by atoms with van der Waals surface area (Å²) in [7, 11) is 0. The van der Waals surface area contributed by atoms with E-state index in [0.29, 0.717) is 5.91 Å². The number of nitrogens with zero attached hydrogens (tertiary/aromatic N) is 2. The lowest BCUT2D eigenvalue weighted by Gasteiger charge is -2.36. The fraction of sp³-hybridized carbons (Fsp3) is 0.667. The predicted molar refractivity (Wildman–Crippen MR) is 96.0 cm³/mol. The Kier molecular flexibility index (Phi) is 8.14. The fourth-order valence-corrected chi connectivity index (χ4v) is 4.03. The van der Waals surface area contributed by atoms with Gasteiger partial charge < -0.3 is 10.6 Å². The summed E-state index contributed by atoms with van der Waals surface area (Å²) in [6.45, 7) is 4.68. The Morgan fingerprint density at radius 3 is 2.50 bits per heavy atom. The van der Waals surface area contributed by atoms with E-state index >= 15 is 0 Å². The molecule has 126 valence electrons. The lowest BCUT2D eigenvalue weighted by atomic mass is 10.0. The molecule has 2 fully saturated rings. The normalized spacial score (nSPS) is 25.4. The van der Waals surface area contributed by atoms with Crippen molar-refractivity contribution in [1.82, 2.24) is 9.80 Å². The van der Waals surface area contributed by atoms with Crippen LogP contribution in [0.5, 0.6) is 0 Å². The van der Waals surface area contributed by atoms with Gasteiger partial charge in [0.1, 0.15) is 0 Å². The van der Waals surface area contributed by atoms with Crippen LogP contribution in [0.15, 0.2) is 17.5 Å². The van der Waals surface area contributed by atoms with Crippen LogP contribution < -0.4 is 5.73 Å². The van der Waals surface area contributed by atoms with Gasteiger partial charge in [0.05, 0.1) is 5.92 Å². The van der Waals surface area contributed by atoms with Crippen LogP contribution in [0.1, 0.15) is 24.1 Å². The number of rotatable bonds is 3. The topological polar surface area (TPSA) is 49.6 Å². The summed E-state index contributed by atoms with van der Waals surface area (Å²) in [5.74, 6) is 0.379. The van der Waals surface area contributed by atoms with Crippen molar-refractivity contribution in [2.45, 2.75) is 31.8 Å². The number of thiophene rings is 1. The Morgan fingerprint density at radius 1 is 1.23 bits per heavy atom. The highest BCUT2D eigenvalue weighted by molar-refractivity contribution is 7.09. The maximum atomic E-state index is 12.5. The SMILES string of the molecule is Cl.Cl.NC1CCCC1C(=O)N1CCN(Cc2cccs2)CC1. The molecule has 1 aliphatic carbocycles. The van der Waals surface area contributed by atoms with Crippen molar-refractivity contribution in [2.24, 2.45) is 11.7 Å². The van der Waals surface area contributed by atoms with Gasteiger partial charge in [0.15, 0.2) is 0 Å². The Bertz CT molecular complexity index is 450. The van der Waals surface area contributed by atoms with E-state index in [1.165, 1.54) is 4.88 Å². The quantitative estimate of drug-likeness (QED) is 0.894. The molecule has 1 amide bonds. The molecule has 4 nitrogen and oxygen atoms in total. The van der Waals surface area contributed by atoms with Crippen LogP contribution in [0.2, 0.25) is 0 Å². The van der Waals surface area contributed by atoms with Crippen LogP contribution in [-0.2, 0) is 11.3 Å². The predicted octanol–water partition coefficient (Wildman–Crippen LogP) is 2.36. The van der Waals surface area contributed by atoms with E-state index in [9.17, 15) is 4.79 Å². The Labute approximate surface area is 148 Å². The van der Waals surface area contributed by atoms with Crippen molar-refractivity contribution in [2.75, 3.05) is 26.2 Å². The molecule has 2 aliphatic rings. The minimum atomic E-state index is 0. The van der Waals surface area contributed by atoms with E-state index in [2.05, 4.69) is 22.4 Å². The number of hydrogen-bond acceptors (Lipinski definition) is 4. The number of carbonyl (C=O) groups is 1. The molecule has 0 aromatic carbocycles. The molecule has 3 rings (SSSR count). The van der Waals surface area contributed by atoms with E-state index in [1.54, 1.807) is 11.3 Å².